The first-order chi connectivity index (χ1) is 9.19. The second-order valence-electron chi connectivity index (χ2n) is 3.96. The number of hydrogen-bond acceptors (Lipinski definition) is 4. The summed E-state index contributed by atoms with van der Waals surface area (Å²) < 4.78 is 4.64. The molecule has 2 aromatic rings. The van der Waals surface area contributed by atoms with Gasteiger partial charge in [0.2, 0.25) is 0 Å². The number of carbonyl (C=O) groups excluding carboxylic acids is 1. The molecule has 0 aliphatic carbocycles. The summed E-state index contributed by atoms with van der Waals surface area (Å²) in [4.78, 5) is 12.7. The monoisotopic (exact) mass is 274 g/mol. The summed E-state index contributed by atoms with van der Waals surface area (Å²) >= 11 is 1.68. The van der Waals surface area contributed by atoms with Crippen molar-refractivity contribution in [3.8, 4) is 0 Å². The first-order valence-corrected chi connectivity index (χ1v) is 6.93. The first kappa shape index (κ1) is 13.5. The molecule has 0 fully saturated rings. The average molecular weight is 274 g/mol. The van der Waals surface area contributed by atoms with Crippen LogP contribution in [0.4, 0.5) is 0 Å². The van der Waals surface area contributed by atoms with Gasteiger partial charge < -0.3 is 9.84 Å². The number of ether oxygens (including phenoxy) is 1. The quantitative estimate of drug-likeness (QED) is 0.402. The molecule has 0 unspecified atom stereocenters. The van der Waals surface area contributed by atoms with Gasteiger partial charge in [-0.25, -0.2) is 4.79 Å². The van der Waals surface area contributed by atoms with Gasteiger partial charge in [0.05, 0.1) is 13.4 Å². The van der Waals surface area contributed by atoms with Gasteiger partial charge in [-0.2, -0.15) is 0 Å². The standard InChI is InChI=1S/C15H14O3S/c1-18-15(17)14(9-16)12-4-3-11-8-13(19-2)6-5-10(11)7-12/h3-9,16H,1-2H3. The summed E-state index contributed by atoms with van der Waals surface area (Å²) in [6.07, 6.45) is 2.81. The number of methoxy groups -OCH3 is 1. The number of thioether (sulfide) groups is 1. The summed E-state index contributed by atoms with van der Waals surface area (Å²) in [6, 6.07) is 11.7. The van der Waals surface area contributed by atoms with Crippen molar-refractivity contribution in [1.82, 2.24) is 0 Å². The van der Waals surface area contributed by atoms with Gasteiger partial charge in [0.15, 0.2) is 0 Å². The lowest BCUT2D eigenvalue weighted by Crippen LogP contribution is -2.03. The van der Waals surface area contributed by atoms with Crippen LogP contribution in [0.15, 0.2) is 47.6 Å². The van der Waals surface area contributed by atoms with Crippen molar-refractivity contribution in [2.75, 3.05) is 13.4 Å². The smallest absolute Gasteiger partial charge is 0.341 e. The third-order valence-electron chi connectivity index (χ3n) is 2.89. The third-order valence-corrected chi connectivity index (χ3v) is 3.62. The molecule has 0 amide bonds. The van der Waals surface area contributed by atoms with Gasteiger partial charge in [0.25, 0.3) is 0 Å². The van der Waals surface area contributed by atoms with Crippen LogP contribution in [-0.4, -0.2) is 24.4 Å². The lowest BCUT2D eigenvalue weighted by Gasteiger charge is -2.07. The fourth-order valence-corrected chi connectivity index (χ4v) is 2.32. The Balaban J connectivity index is 2.50. The molecule has 0 saturated heterocycles. The number of fused-ring (bicyclic) bond motifs is 1. The maximum Gasteiger partial charge on any atom is 0.341 e. The molecule has 19 heavy (non-hydrogen) atoms. The van der Waals surface area contributed by atoms with E-state index in [0.717, 1.165) is 17.0 Å². The molecule has 1 N–H and O–H groups in total. The van der Waals surface area contributed by atoms with Crippen LogP contribution in [0.25, 0.3) is 16.3 Å². The molecule has 0 heterocycles. The van der Waals surface area contributed by atoms with E-state index >= 15 is 0 Å². The number of hydrogen-bond donors (Lipinski definition) is 1. The van der Waals surface area contributed by atoms with Crippen molar-refractivity contribution in [2.45, 2.75) is 4.90 Å². The maximum atomic E-state index is 11.5. The van der Waals surface area contributed by atoms with Crippen LogP contribution in [0.1, 0.15) is 5.56 Å². The van der Waals surface area contributed by atoms with E-state index in [-0.39, 0.29) is 5.57 Å². The van der Waals surface area contributed by atoms with E-state index in [0.29, 0.717) is 5.56 Å². The van der Waals surface area contributed by atoms with E-state index in [1.807, 2.05) is 30.5 Å². The van der Waals surface area contributed by atoms with E-state index in [2.05, 4.69) is 10.8 Å². The largest absolute Gasteiger partial charge is 0.515 e. The molecule has 0 spiro atoms. The van der Waals surface area contributed by atoms with Gasteiger partial charge in [-0.15, -0.1) is 11.8 Å². The minimum Gasteiger partial charge on any atom is -0.515 e. The summed E-state index contributed by atoms with van der Waals surface area (Å²) in [6.45, 7) is 0. The zero-order chi connectivity index (χ0) is 13.8. The third kappa shape index (κ3) is 2.74. The lowest BCUT2D eigenvalue weighted by atomic mass is 10.0. The number of carbonyl (C=O) groups is 1. The van der Waals surface area contributed by atoms with Gasteiger partial charge in [0.1, 0.15) is 5.57 Å². The number of esters is 1. The Morgan fingerprint density at radius 1 is 1.21 bits per heavy atom. The molecule has 0 bridgehead atoms. The molecule has 2 aromatic carbocycles. The van der Waals surface area contributed by atoms with Crippen molar-refractivity contribution in [2.24, 2.45) is 0 Å². The summed E-state index contributed by atoms with van der Waals surface area (Å²) in [5.41, 5.74) is 0.789. The molecular formula is C15H14O3S. The van der Waals surface area contributed by atoms with Gasteiger partial charge >= 0.3 is 5.97 Å². The second kappa shape index (κ2) is 5.80. The SMILES string of the molecule is COC(=O)C(=CO)c1ccc2cc(SC)ccc2c1. The molecule has 0 aliphatic rings. The van der Waals surface area contributed by atoms with Crippen LogP contribution in [0.5, 0.6) is 0 Å². The van der Waals surface area contributed by atoms with Crippen LogP contribution in [0, 0.1) is 0 Å². The Labute approximate surface area is 115 Å². The zero-order valence-electron chi connectivity index (χ0n) is 10.7. The summed E-state index contributed by atoms with van der Waals surface area (Å²) in [7, 11) is 1.29. The molecule has 3 nitrogen and oxygen atoms in total. The van der Waals surface area contributed by atoms with E-state index in [4.69, 9.17) is 5.11 Å². The van der Waals surface area contributed by atoms with Gasteiger partial charge in [-0.1, -0.05) is 18.2 Å². The zero-order valence-corrected chi connectivity index (χ0v) is 11.5. The van der Waals surface area contributed by atoms with Gasteiger partial charge in [-0.3, -0.25) is 0 Å². The number of rotatable bonds is 3. The first-order valence-electron chi connectivity index (χ1n) is 5.70. The van der Waals surface area contributed by atoms with Crippen LogP contribution < -0.4 is 0 Å². The van der Waals surface area contributed by atoms with Gasteiger partial charge in [-0.05, 0) is 40.8 Å². The molecule has 0 atom stereocenters. The maximum absolute atomic E-state index is 11.5. The van der Waals surface area contributed by atoms with E-state index < -0.39 is 5.97 Å². The highest BCUT2D eigenvalue weighted by Crippen LogP contribution is 2.25. The minimum atomic E-state index is -0.553. The fourth-order valence-electron chi connectivity index (χ4n) is 1.87. The molecule has 0 aromatic heterocycles. The van der Waals surface area contributed by atoms with Crippen molar-refractivity contribution in [3.63, 3.8) is 0 Å². The number of aliphatic hydroxyl groups is 1. The average Bonchev–Trinajstić information content (AvgIpc) is 2.47. The molecular weight excluding hydrogens is 260 g/mol. The Hall–Kier alpha value is -1.94. The van der Waals surface area contributed by atoms with Crippen molar-refractivity contribution in [3.05, 3.63) is 48.2 Å². The summed E-state index contributed by atoms with van der Waals surface area (Å²) in [5.74, 6) is -0.553. The lowest BCUT2D eigenvalue weighted by molar-refractivity contribution is -0.133. The van der Waals surface area contributed by atoms with Crippen molar-refractivity contribution < 1.29 is 14.6 Å². The molecule has 0 aliphatic heterocycles. The highest BCUT2D eigenvalue weighted by molar-refractivity contribution is 7.98. The van der Waals surface area contributed by atoms with E-state index in [9.17, 15) is 4.79 Å². The van der Waals surface area contributed by atoms with E-state index in [1.165, 1.54) is 12.0 Å². The van der Waals surface area contributed by atoms with Gasteiger partial charge in [0, 0.05) is 4.90 Å². The Kier molecular flexibility index (Phi) is 4.12. The number of benzene rings is 2. The molecule has 2 rings (SSSR count). The van der Waals surface area contributed by atoms with Crippen LogP contribution in [0.3, 0.4) is 0 Å². The van der Waals surface area contributed by atoms with Crippen LogP contribution in [0.2, 0.25) is 0 Å². The van der Waals surface area contributed by atoms with Crippen molar-refractivity contribution >= 4 is 34.1 Å². The molecule has 0 saturated carbocycles. The van der Waals surface area contributed by atoms with E-state index in [1.54, 1.807) is 17.8 Å². The molecule has 0 radical (unpaired) electrons. The minimum absolute atomic E-state index is 0.151. The predicted octanol–water partition coefficient (Wildman–Crippen LogP) is 3.63. The Morgan fingerprint density at radius 3 is 2.53 bits per heavy atom. The second-order valence-corrected chi connectivity index (χ2v) is 4.84. The number of aliphatic hydroxyl groups excluding tert-OH is 1. The normalized spacial score (nSPS) is 11.6. The fraction of sp³-hybridized carbons (Fsp3) is 0.133. The van der Waals surface area contributed by atoms with Crippen molar-refractivity contribution in [1.29, 1.82) is 0 Å². The summed E-state index contributed by atoms with van der Waals surface area (Å²) in [5, 5.41) is 11.3. The molecule has 98 valence electrons. The topological polar surface area (TPSA) is 46.5 Å². The highest BCUT2D eigenvalue weighted by Gasteiger charge is 2.12. The Morgan fingerprint density at radius 2 is 1.89 bits per heavy atom. The van der Waals surface area contributed by atoms with Crippen LogP contribution in [-0.2, 0) is 9.53 Å². The highest BCUT2D eigenvalue weighted by atomic mass is 32.2. The van der Waals surface area contributed by atoms with Crippen LogP contribution >= 0.6 is 11.8 Å². The predicted molar refractivity (Wildman–Crippen MR) is 78.4 cm³/mol. The molecule has 4 heteroatoms. The Bertz CT molecular complexity index is 647.